The summed E-state index contributed by atoms with van der Waals surface area (Å²) in [7, 11) is -3.87. The molecule has 10 heteroatoms. The minimum absolute atomic E-state index is 0.0934. The number of thioether (sulfide) groups is 1. The number of carbonyl (C=O) groups excluding carboxylic acids is 2. The highest BCUT2D eigenvalue weighted by Crippen LogP contribution is 2.26. The summed E-state index contributed by atoms with van der Waals surface area (Å²) >= 11 is 1.49. The molecule has 1 aliphatic rings. The highest BCUT2D eigenvalue weighted by Gasteiger charge is 2.38. The molecule has 1 aliphatic heterocycles. The van der Waals surface area contributed by atoms with Crippen LogP contribution < -0.4 is 4.72 Å². The molecule has 2 amide bonds. The predicted octanol–water partition coefficient (Wildman–Crippen LogP) is 1.74. The molecule has 0 spiro atoms. The molecule has 1 N–H and O–H groups in total. The van der Waals surface area contributed by atoms with Gasteiger partial charge in [0.1, 0.15) is 6.04 Å². The fourth-order valence-electron chi connectivity index (χ4n) is 2.77. The molecule has 0 aromatic carbocycles. The maximum absolute atomic E-state index is 12.8. The van der Waals surface area contributed by atoms with E-state index in [0.29, 0.717) is 24.7 Å². The van der Waals surface area contributed by atoms with Crippen LogP contribution in [0.3, 0.4) is 0 Å². The maximum Gasteiger partial charge on any atom is 0.291 e. The van der Waals surface area contributed by atoms with E-state index in [4.69, 9.17) is 4.42 Å². The Kier molecular flexibility index (Phi) is 6.64. The molecule has 2 heterocycles. The molecule has 0 radical (unpaired) electrons. The van der Waals surface area contributed by atoms with Crippen molar-refractivity contribution in [3.8, 4) is 0 Å². The normalized spacial score (nSPS) is 18.0. The predicted molar refractivity (Wildman–Crippen MR) is 104 cm³/mol. The summed E-state index contributed by atoms with van der Waals surface area (Å²) in [6.45, 7) is 10.1. The van der Waals surface area contributed by atoms with Gasteiger partial charge in [-0.1, -0.05) is 0 Å². The van der Waals surface area contributed by atoms with Crippen molar-refractivity contribution in [3.63, 3.8) is 0 Å². The first kappa shape index (κ1) is 21.8. The number of hydrogen-bond donors (Lipinski definition) is 1. The van der Waals surface area contributed by atoms with Gasteiger partial charge in [-0.05, 0) is 46.8 Å². The van der Waals surface area contributed by atoms with Crippen LogP contribution >= 0.6 is 11.8 Å². The van der Waals surface area contributed by atoms with Crippen LogP contribution in [0, 0.1) is 0 Å². The molecule has 1 aromatic heterocycles. The quantitative estimate of drug-likeness (QED) is 0.757. The van der Waals surface area contributed by atoms with E-state index in [0.717, 1.165) is 0 Å². The molecule has 2 rings (SSSR count). The number of nitrogens with one attached hydrogen (secondary N) is 1. The molecule has 0 aliphatic carbocycles. The Morgan fingerprint density at radius 1 is 1.30 bits per heavy atom. The number of furan rings is 1. The van der Waals surface area contributed by atoms with Gasteiger partial charge in [-0.2, -0.15) is 0 Å². The Hall–Kier alpha value is -1.52. The molecule has 1 saturated heterocycles. The molecule has 1 atom stereocenters. The SMILES string of the molecule is CCN(CC)C(=O)[C@H]1CSCN1C(=O)c1ccc(S(=O)(=O)NC(C)(C)C)o1. The summed E-state index contributed by atoms with van der Waals surface area (Å²) in [5.41, 5.74) is -0.678. The van der Waals surface area contributed by atoms with Gasteiger partial charge in [0.05, 0.1) is 5.88 Å². The van der Waals surface area contributed by atoms with E-state index >= 15 is 0 Å². The summed E-state index contributed by atoms with van der Waals surface area (Å²) in [5, 5.41) is -0.320. The average molecular weight is 418 g/mol. The van der Waals surface area contributed by atoms with Crippen LogP contribution in [-0.4, -0.2) is 66.3 Å². The summed E-state index contributed by atoms with van der Waals surface area (Å²) < 4.78 is 32.5. The topological polar surface area (TPSA) is 99.9 Å². The summed E-state index contributed by atoms with van der Waals surface area (Å²) in [4.78, 5) is 28.6. The number of likely N-dealkylation sites (N-methyl/N-ethyl adjacent to an activating group) is 1. The Labute approximate surface area is 164 Å². The third kappa shape index (κ3) is 5.05. The van der Waals surface area contributed by atoms with Gasteiger partial charge in [-0.3, -0.25) is 9.59 Å². The highest BCUT2D eigenvalue weighted by molar-refractivity contribution is 7.99. The molecular formula is C17H27N3O5S2. The largest absolute Gasteiger partial charge is 0.438 e. The van der Waals surface area contributed by atoms with Gasteiger partial charge in [0.2, 0.25) is 11.0 Å². The van der Waals surface area contributed by atoms with Gasteiger partial charge < -0.3 is 14.2 Å². The number of rotatable bonds is 6. The molecule has 0 saturated carbocycles. The van der Waals surface area contributed by atoms with Crippen LogP contribution in [0.25, 0.3) is 0 Å². The zero-order valence-corrected chi connectivity index (χ0v) is 17.9. The number of carbonyl (C=O) groups is 2. The summed E-state index contributed by atoms with van der Waals surface area (Å²) in [5.74, 6) is 0.192. The lowest BCUT2D eigenvalue weighted by atomic mass is 10.1. The van der Waals surface area contributed by atoms with E-state index < -0.39 is 27.5 Å². The fraction of sp³-hybridized carbons (Fsp3) is 0.647. The second-order valence-corrected chi connectivity index (χ2v) is 9.89. The van der Waals surface area contributed by atoms with E-state index in [-0.39, 0.29) is 16.8 Å². The first-order valence-electron chi connectivity index (χ1n) is 8.81. The van der Waals surface area contributed by atoms with Gasteiger partial charge in [-0.25, -0.2) is 13.1 Å². The Morgan fingerprint density at radius 2 is 1.93 bits per heavy atom. The first-order valence-corrected chi connectivity index (χ1v) is 11.4. The molecule has 8 nitrogen and oxygen atoms in total. The lowest BCUT2D eigenvalue weighted by Crippen LogP contribution is -2.48. The number of amides is 2. The number of nitrogens with zero attached hydrogens (tertiary/aromatic N) is 2. The average Bonchev–Trinajstić information content (AvgIpc) is 3.23. The third-order valence-electron chi connectivity index (χ3n) is 4.00. The van der Waals surface area contributed by atoms with Crippen LogP contribution in [0.5, 0.6) is 0 Å². The highest BCUT2D eigenvalue weighted by atomic mass is 32.2. The first-order chi connectivity index (χ1) is 12.5. The monoisotopic (exact) mass is 417 g/mol. The van der Waals surface area contributed by atoms with E-state index in [1.54, 1.807) is 25.7 Å². The standard InChI is InChI=1S/C17H27N3O5S2/c1-6-19(7-2)15(21)12-10-26-11-20(12)16(22)13-8-9-14(25-13)27(23,24)18-17(3,4)5/h8-9,12,18H,6-7,10-11H2,1-5H3/t12-/m1/s1. The van der Waals surface area contributed by atoms with Crippen LogP contribution in [-0.2, 0) is 14.8 Å². The third-order valence-corrected chi connectivity index (χ3v) is 6.64. The zero-order valence-electron chi connectivity index (χ0n) is 16.3. The minimum Gasteiger partial charge on any atom is -0.438 e. The van der Waals surface area contributed by atoms with Gasteiger partial charge in [-0.15, -0.1) is 11.8 Å². The van der Waals surface area contributed by atoms with Crippen LogP contribution in [0.1, 0.15) is 45.2 Å². The van der Waals surface area contributed by atoms with Gasteiger partial charge in [0.15, 0.2) is 5.76 Å². The van der Waals surface area contributed by atoms with E-state index in [9.17, 15) is 18.0 Å². The number of hydrogen-bond acceptors (Lipinski definition) is 6. The zero-order chi connectivity index (χ0) is 20.4. The van der Waals surface area contributed by atoms with Crippen molar-refractivity contribution in [3.05, 3.63) is 17.9 Å². The second kappa shape index (κ2) is 8.24. The van der Waals surface area contributed by atoms with Crippen molar-refractivity contribution >= 4 is 33.6 Å². The Morgan fingerprint density at radius 3 is 2.48 bits per heavy atom. The lowest BCUT2D eigenvalue weighted by Gasteiger charge is -2.27. The van der Waals surface area contributed by atoms with E-state index in [1.165, 1.54) is 28.8 Å². The molecule has 0 unspecified atom stereocenters. The molecule has 1 aromatic rings. The smallest absolute Gasteiger partial charge is 0.291 e. The van der Waals surface area contributed by atoms with Gasteiger partial charge in [0, 0.05) is 24.4 Å². The van der Waals surface area contributed by atoms with Crippen LogP contribution in [0.15, 0.2) is 21.6 Å². The maximum atomic E-state index is 12.8. The summed E-state index contributed by atoms with van der Waals surface area (Å²) in [6.07, 6.45) is 0. The molecule has 1 fully saturated rings. The van der Waals surface area contributed by atoms with E-state index in [2.05, 4.69) is 4.72 Å². The lowest BCUT2D eigenvalue weighted by molar-refractivity contribution is -0.134. The van der Waals surface area contributed by atoms with Gasteiger partial charge >= 0.3 is 0 Å². The molecule has 27 heavy (non-hydrogen) atoms. The second-order valence-electron chi connectivity index (χ2n) is 7.28. The minimum atomic E-state index is -3.87. The molecular weight excluding hydrogens is 390 g/mol. The molecule has 152 valence electrons. The van der Waals surface area contributed by atoms with E-state index in [1.807, 2.05) is 13.8 Å². The van der Waals surface area contributed by atoms with Crippen molar-refractivity contribution < 1.29 is 22.4 Å². The van der Waals surface area contributed by atoms with Crippen molar-refractivity contribution in [1.82, 2.24) is 14.5 Å². The van der Waals surface area contributed by atoms with Crippen LogP contribution in [0.2, 0.25) is 0 Å². The summed E-state index contributed by atoms with van der Waals surface area (Å²) in [6, 6.07) is 2.02. The van der Waals surface area contributed by atoms with Crippen molar-refractivity contribution in [2.75, 3.05) is 24.7 Å². The van der Waals surface area contributed by atoms with Crippen LogP contribution in [0.4, 0.5) is 0 Å². The van der Waals surface area contributed by atoms with Crippen molar-refractivity contribution in [2.24, 2.45) is 0 Å². The van der Waals surface area contributed by atoms with Crippen molar-refractivity contribution in [1.29, 1.82) is 0 Å². The fourth-order valence-corrected chi connectivity index (χ4v) is 5.27. The van der Waals surface area contributed by atoms with Gasteiger partial charge in [0.25, 0.3) is 15.9 Å². The Bertz CT molecular complexity index is 794. The number of sulfonamides is 1. The Balaban J connectivity index is 2.21. The molecule has 0 bridgehead atoms. The van der Waals surface area contributed by atoms with Crippen molar-refractivity contribution in [2.45, 2.75) is 51.3 Å².